The monoisotopic (exact) mass is 357 g/mol. The Hall–Kier alpha value is -2.78. The van der Waals surface area contributed by atoms with E-state index in [1.54, 1.807) is 36.4 Å². The zero-order chi connectivity index (χ0) is 18.4. The van der Waals surface area contributed by atoms with Gasteiger partial charge in [-0.3, -0.25) is 0 Å². The second kappa shape index (κ2) is 7.86. The van der Waals surface area contributed by atoms with E-state index >= 15 is 0 Å². The van der Waals surface area contributed by atoms with Crippen molar-refractivity contribution in [2.24, 2.45) is 0 Å². The summed E-state index contributed by atoms with van der Waals surface area (Å²) in [7, 11) is -2.41. The van der Waals surface area contributed by atoms with Crippen LogP contribution in [-0.4, -0.2) is 22.1 Å². The highest BCUT2D eigenvalue weighted by Gasteiger charge is 2.22. The van der Waals surface area contributed by atoms with E-state index in [4.69, 9.17) is 9.47 Å². The van der Waals surface area contributed by atoms with Gasteiger partial charge in [-0.25, -0.2) is 8.42 Å². The van der Waals surface area contributed by atoms with Crippen molar-refractivity contribution in [3.8, 4) is 17.6 Å². The first-order valence-corrected chi connectivity index (χ1v) is 9.15. The molecule has 5 nitrogen and oxygen atoms in total. The lowest BCUT2D eigenvalue weighted by Gasteiger charge is -2.12. The highest BCUT2D eigenvalue weighted by Crippen LogP contribution is 2.33. The third kappa shape index (κ3) is 4.01. The maximum absolute atomic E-state index is 12.7. The molecule has 2 rings (SSSR count). The molecule has 0 aliphatic heterocycles. The van der Waals surface area contributed by atoms with Crippen LogP contribution in [0.2, 0.25) is 0 Å². The standard InChI is InChI=1S/C19H19NO4S/c1-4-24-19-15(6-5-7-18(19)23-3)12-17(13-20)25(21,22)16-10-8-14(2)9-11-16/h5-12H,4H2,1-3H3. The first-order valence-electron chi connectivity index (χ1n) is 7.67. The van der Waals surface area contributed by atoms with Crippen LogP contribution in [0.5, 0.6) is 11.5 Å². The molecule has 0 saturated heterocycles. The van der Waals surface area contributed by atoms with Crippen molar-refractivity contribution >= 4 is 15.9 Å². The highest BCUT2D eigenvalue weighted by atomic mass is 32.2. The Balaban J connectivity index is 2.58. The van der Waals surface area contributed by atoms with Gasteiger partial charge in [0.1, 0.15) is 11.0 Å². The van der Waals surface area contributed by atoms with E-state index in [2.05, 4.69) is 0 Å². The van der Waals surface area contributed by atoms with Crippen LogP contribution in [0.3, 0.4) is 0 Å². The number of nitrogens with zero attached hydrogens (tertiary/aromatic N) is 1. The Kier molecular flexibility index (Phi) is 5.84. The molecule has 2 aromatic rings. The first kappa shape index (κ1) is 18.6. The Morgan fingerprint density at radius 3 is 2.44 bits per heavy atom. The van der Waals surface area contributed by atoms with Gasteiger partial charge in [0.2, 0.25) is 9.84 Å². The van der Waals surface area contributed by atoms with Crippen LogP contribution >= 0.6 is 0 Å². The summed E-state index contributed by atoms with van der Waals surface area (Å²) in [6, 6.07) is 13.3. The normalized spacial score (nSPS) is 11.7. The molecule has 0 spiro atoms. The van der Waals surface area contributed by atoms with Crippen molar-refractivity contribution in [2.75, 3.05) is 13.7 Å². The molecule has 0 saturated carbocycles. The van der Waals surface area contributed by atoms with Crippen LogP contribution in [-0.2, 0) is 9.84 Å². The van der Waals surface area contributed by atoms with Gasteiger partial charge in [-0.15, -0.1) is 0 Å². The molecule has 0 N–H and O–H groups in total. The minimum absolute atomic E-state index is 0.0757. The molecular formula is C19H19NO4S. The van der Waals surface area contributed by atoms with Gasteiger partial charge in [0.25, 0.3) is 0 Å². The van der Waals surface area contributed by atoms with Crippen LogP contribution in [0.25, 0.3) is 6.08 Å². The number of para-hydroxylation sites is 1. The van der Waals surface area contributed by atoms with E-state index in [0.717, 1.165) is 5.56 Å². The molecule has 0 amide bonds. The fourth-order valence-corrected chi connectivity index (χ4v) is 3.41. The zero-order valence-electron chi connectivity index (χ0n) is 14.3. The summed E-state index contributed by atoms with van der Waals surface area (Å²) >= 11 is 0. The van der Waals surface area contributed by atoms with Crippen LogP contribution in [0.4, 0.5) is 0 Å². The Morgan fingerprint density at radius 1 is 1.20 bits per heavy atom. The second-order valence-corrected chi connectivity index (χ2v) is 7.17. The molecule has 0 aromatic heterocycles. The minimum Gasteiger partial charge on any atom is -0.493 e. The predicted octanol–water partition coefficient (Wildman–Crippen LogP) is 3.74. The number of benzene rings is 2. The SMILES string of the molecule is CCOc1c(C=C(C#N)S(=O)(=O)c2ccc(C)cc2)cccc1OC. The fourth-order valence-electron chi connectivity index (χ4n) is 2.26. The molecule has 2 aromatic carbocycles. The molecule has 0 fully saturated rings. The number of aryl methyl sites for hydroxylation is 1. The number of hydrogen-bond acceptors (Lipinski definition) is 5. The van der Waals surface area contributed by atoms with Crippen molar-refractivity contribution in [3.63, 3.8) is 0 Å². The van der Waals surface area contributed by atoms with Gasteiger partial charge in [0.05, 0.1) is 18.6 Å². The lowest BCUT2D eigenvalue weighted by molar-refractivity contribution is 0.310. The fraction of sp³-hybridized carbons (Fsp3) is 0.211. The number of ether oxygens (including phenoxy) is 2. The van der Waals surface area contributed by atoms with E-state index in [1.807, 2.05) is 13.8 Å². The summed E-state index contributed by atoms with van der Waals surface area (Å²) in [6.07, 6.45) is 1.31. The molecule has 0 unspecified atom stereocenters. The molecule has 0 bridgehead atoms. The Bertz CT molecular complexity index is 923. The number of allylic oxidation sites excluding steroid dienone is 1. The summed E-state index contributed by atoms with van der Waals surface area (Å²) in [5.74, 6) is 0.875. The molecule has 6 heteroatoms. The van der Waals surface area contributed by atoms with Gasteiger partial charge in [0, 0.05) is 5.56 Å². The molecule has 25 heavy (non-hydrogen) atoms. The third-order valence-corrected chi connectivity index (χ3v) is 5.22. The molecule has 0 atom stereocenters. The van der Waals surface area contributed by atoms with Gasteiger partial charge in [-0.1, -0.05) is 29.8 Å². The van der Waals surface area contributed by atoms with Crippen molar-refractivity contribution in [3.05, 3.63) is 58.5 Å². The highest BCUT2D eigenvalue weighted by molar-refractivity contribution is 7.95. The van der Waals surface area contributed by atoms with Gasteiger partial charge < -0.3 is 9.47 Å². The van der Waals surface area contributed by atoms with Crippen LogP contribution in [0.1, 0.15) is 18.1 Å². The van der Waals surface area contributed by atoms with Gasteiger partial charge in [-0.05, 0) is 38.1 Å². The van der Waals surface area contributed by atoms with Crippen LogP contribution in [0.15, 0.2) is 52.3 Å². The summed E-state index contributed by atoms with van der Waals surface area (Å²) < 4.78 is 36.3. The summed E-state index contributed by atoms with van der Waals surface area (Å²) in [5, 5.41) is 9.42. The lowest BCUT2D eigenvalue weighted by Crippen LogP contribution is -2.04. The summed E-state index contributed by atoms with van der Waals surface area (Å²) in [4.78, 5) is -0.280. The van der Waals surface area contributed by atoms with Crippen LogP contribution in [0, 0.1) is 18.3 Å². The van der Waals surface area contributed by atoms with Gasteiger partial charge in [-0.2, -0.15) is 5.26 Å². The van der Waals surface area contributed by atoms with E-state index in [1.165, 1.54) is 25.3 Å². The smallest absolute Gasteiger partial charge is 0.216 e. The molecule has 0 heterocycles. The van der Waals surface area contributed by atoms with E-state index in [0.29, 0.717) is 23.7 Å². The maximum atomic E-state index is 12.7. The van der Waals surface area contributed by atoms with E-state index < -0.39 is 9.84 Å². The largest absolute Gasteiger partial charge is 0.493 e. The predicted molar refractivity (Wildman–Crippen MR) is 96.1 cm³/mol. The number of hydrogen-bond donors (Lipinski definition) is 0. The number of rotatable bonds is 6. The Labute approximate surface area is 148 Å². The molecule has 130 valence electrons. The average Bonchev–Trinajstić information content (AvgIpc) is 2.61. The second-order valence-electron chi connectivity index (χ2n) is 5.25. The van der Waals surface area contributed by atoms with E-state index in [-0.39, 0.29) is 9.80 Å². The first-order chi connectivity index (χ1) is 11.9. The van der Waals surface area contributed by atoms with Gasteiger partial charge >= 0.3 is 0 Å². The maximum Gasteiger partial charge on any atom is 0.216 e. The zero-order valence-corrected chi connectivity index (χ0v) is 15.1. The van der Waals surface area contributed by atoms with E-state index in [9.17, 15) is 13.7 Å². The van der Waals surface area contributed by atoms with Crippen molar-refractivity contribution in [1.29, 1.82) is 5.26 Å². The number of methoxy groups -OCH3 is 1. The lowest BCUT2D eigenvalue weighted by atomic mass is 10.1. The number of sulfone groups is 1. The third-order valence-electron chi connectivity index (χ3n) is 3.54. The van der Waals surface area contributed by atoms with Crippen molar-refractivity contribution in [1.82, 2.24) is 0 Å². The molecule has 0 radical (unpaired) electrons. The quantitative estimate of drug-likeness (QED) is 0.736. The number of nitriles is 1. The molecule has 0 aliphatic carbocycles. The average molecular weight is 357 g/mol. The van der Waals surface area contributed by atoms with Gasteiger partial charge in [0.15, 0.2) is 11.5 Å². The van der Waals surface area contributed by atoms with Crippen molar-refractivity contribution < 1.29 is 17.9 Å². The summed E-state index contributed by atoms with van der Waals surface area (Å²) in [6.45, 7) is 4.06. The minimum atomic E-state index is -3.91. The molecule has 0 aliphatic rings. The topological polar surface area (TPSA) is 76.4 Å². The molecular weight excluding hydrogens is 338 g/mol. The van der Waals surface area contributed by atoms with Crippen LogP contribution < -0.4 is 9.47 Å². The Morgan fingerprint density at radius 2 is 1.88 bits per heavy atom. The van der Waals surface area contributed by atoms with Crippen molar-refractivity contribution in [2.45, 2.75) is 18.7 Å². The summed E-state index contributed by atoms with van der Waals surface area (Å²) in [5.41, 5.74) is 1.40.